The second-order valence-electron chi connectivity index (χ2n) is 5.91. The first-order valence-corrected chi connectivity index (χ1v) is 8.21. The lowest BCUT2D eigenvalue weighted by atomic mass is 10.0. The molecule has 0 saturated carbocycles. The van der Waals surface area contributed by atoms with Gasteiger partial charge in [-0.1, -0.05) is 18.2 Å². The summed E-state index contributed by atoms with van der Waals surface area (Å²) < 4.78 is -0.256. The van der Waals surface area contributed by atoms with Crippen molar-refractivity contribution in [3.05, 3.63) is 29.8 Å². The first-order valence-electron chi connectivity index (χ1n) is 7.22. The molecule has 0 bridgehead atoms. The van der Waals surface area contributed by atoms with Crippen molar-refractivity contribution >= 4 is 23.4 Å². The van der Waals surface area contributed by atoms with Crippen LogP contribution < -0.4 is 5.73 Å². The van der Waals surface area contributed by atoms with Crippen molar-refractivity contribution in [2.45, 2.75) is 50.9 Å². The van der Waals surface area contributed by atoms with Crippen molar-refractivity contribution in [3.8, 4) is 0 Å². The van der Waals surface area contributed by atoms with Gasteiger partial charge < -0.3 is 10.6 Å². The van der Waals surface area contributed by atoms with Gasteiger partial charge in [-0.05, 0) is 51.0 Å². The molecule has 3 nitrogen and oxygen atoms in total. The van der Waals surface area contributed by atoms with Crippen LogP contribution in [0.15, 0.2) is 24.3 Å². The predicted molar refractivity (Wildman–Crippen MR) is 86.6 cm³/mol. The molecule has 0 aliphatic carbocycles. The third kappa shape index (κ3) is 3.11. The molecule has 1 aromatic rings. The van der Waals surface area contributed by atoms with E-state index in [9.17, 15) is 4.79 Å². The summed E-state index contributed by atoms with van der Waals surface area (Å²) in [6.45, 7) is 6.82. The van der Waals surface area contributed by atoms with Gasteiger partial charge >= 0.3 is 0 Å². The molecule has 2 rings (SSSR count). The smallest absolute Gasteiger partial charge is 0.239 e. The van der Waals surface area contributed by atoms with E-state index in [0.717, 1.165) is 29.8 Å². The van der Waals surface area contributed by atoms with E-state index in [1.807, 2.05) is 29.2 Å². The number of amides is 1. The summed E-state index contributed by atoms with van der Waals surface area (Å²) in [5.41, 5.74) is 7.80. The van der Waals surface area contributed by atoms with Crippen LogP contribution >= 0.6 is 11.8 Å². The van der Waals surface area contributed by atoms with Gasteiger partial charge in [-0.25, -0.2) is 0 Å². The van der Waals surface area contributed by atoms with Crippen LogP contribution in [0, 0.1) is 0 Å². The van der Waals surface area contributed by atoms with Crippen molar-refractivity contribution in [2.75, 3.05) is 11.5 Å². The van der Waals surface area contributed by atoms with Crippen molar-refractivity contribution in [3.63, 3.8) is 0 Å². The summed E-state index contributed by atoms with van der Waals surface area (Å²) in [6, 6.07) is 7.97. The van der Waals surface area contributed by atoms with Crippen molar-refractivity contribution in [1.29, 1.82) is 0 Å². The maximum atomic E-state index is 12.9. The number of nitrogens with zero attached hydrogens (tertiary/aromatic N) is 1. The second-order valence-corrected chi connectivity index (χ2v) is 7.51. The van der Waals surface area contributed by atoms with Crippen LogP contribution in [-0.2, 0) is 11.3 Å². The fraction of sp³-hybridized carbons (Fsp3) is 0.562. The number of para-hydroxylation sites is 1. The molecule has 1 unspecified atom stereocenters. The average molecular weight is 292 g/mol. The van der Waals surface area contributed by atoms with Crippen LogP contribution in [0.4, 0.5) is 5.69 Å². The Hall–Kier alpha value is -1.16. The summed E-state index contributed by atoms with van der Waals surface area (Å²) in [5.74, 6) is 1.33. The SMILES string of the molecule is CC(C)N(Cc1ccccc1N)C(=O)C1(C)CCCS1. The van der Waals surface area contributed by atoms with E-state index in [1.54, 1.807) is 11.8 Å². The van der Waals surface area contributed by atoms with Crippen LogP contribution in [0.5, 0.6) is 0 Å². The highest BCUT2D eigenvalue weighted by atomic mass is 32.2. The number of anilines is 1. The summed E-state index contributed by atoms with van der Waals surface area (Å²) in [4.78, 5) is 14.9. The Kier molecular flexibility index (Phi) is 4.63. The van der Waals surface area contributed by atoms with E-state index in [4.69, 9.17) is 5.73 Å². The maximum Gasteiger partial charge on any atom is 0.239 e. The van der Waals surface area contributed by atoms with Gasteiger partial charge in [0.2, 0.25) is 5.91 Å². The van der Waals surface area contributed by atoms with E-state index >= 15 is 0 Å². The number of rotatable bonds is 4. The number of carbonyl (C=O) groups is 1. The molecule has 110 valence electrons. The third-order valence-electron chi connectivity index (χ3n) is 3.95. The van der Waals surface area contributed by atoms with Gasteiger partial charge in [-0.15, -0.1) is 11.8 Å². The molecule has 20 heavy (non-hydrogen) atoms. The van der Waals surface area contributed by atoms with Crippen molar-refractivity contribution < 1.29 is 4.79 Å². The molecular formula is C16H24N2OS. The molecule has 2 N–H and O–H groups in total. The van der Waals surface area contributed by atoms with Gasteiger partial charge in [0.1, 0.15) is 0 Å². The number of hydrogen-bond acceptors (Lipinski definition) is 3. The Bertz CT molecular complexity index is 481. The monoisotopic (exact) mass is 292 g/mol. The lowest BCUT2D eigenvalue weighted by molar-refractivity contribution is -0.135. The molecule has 0 spiro atoms. The van der Waals surface area contributed by atoms with Gasteiger partial charge in [0, 0.05) is 18.3 Å². The number of thioether (sulfide) groups is 1. The minimum Gasteiger partial charge on any atom is -0.398 e. The Labute approximate surface area is 125 Å². The average Bonchev–Trinajstić information content (AvgIpc) is 2.85. The summed E-state index contributed by atoms with van der Waals surface area (Å²) in [5, 5.41) is 0. The Balaban J connectivity index is 2.19. The molecule has 1 heterocycles. The zero-order chi connectivity index (χ0) is 14.8. The predicted octanol–water partition coefficient (Wildman–Crippen LogP) is 3.29. The first kappa shape index (κ1) is 15.2. The molecule has 4 heteroatoms. The van der Waals surface area contributed by atoms with Gasteiger partial charge in [0.05, 0.1) is 4.75 Å². The second kappa shape index (κ2) is 6.08. The van der Waals surface area contributed by atoms with E-state index in [-0.39, 0.29) is 16.7 Å². The van der Waals surface area contributed by atoms with Gasteiger partial charge in [0.25, 0.3) is 0 Å². The number of carbonyl (C=O) groups excluding carboxylic acids is 1. The van der Waals surface area contributed by atoms with E-state index in [0.29, 0.717) is 6.54 Å². The Morgan fingerprint density at radius 3 is 2.70 bits per heavy atom. The summed E-state index contributed by atoms with van der Waals surface area (Å²) in [6.07, 6.45) is 2.11. The van der Waals surface area contributed by atoms with Gasteiger partial charge in [0.15, 0.2) is 0 Å². The van der Waals surface area contributed by atoms with Crippen LogP contribution in [0.1, 0.15) is 39.2 Å². The zero-order valence-corrected chi connectivity index (χ0v) is 13.4. The highest BCUT2D eigenvalue weighted by Crippen LogP contribution is 2.39. The number of nitrogen functional groups attached to an aromatic ring is 1. The Morgan fingerprint density at radius 1 is 1.45 bits per heavy atom. The third-order valence-corrected chi connectivity index (χ3v) is 5.46. The van der Waals surface area contributed by atoms with E-state index in [1.165, 1.54) is 0 Å². The van der Waals surface area contributed by atoms with E-state index < -0.39 is 0 Å². The maximum absolute atomic E-state index is 12.9. The highest BCUT2D eigenvalue weighted by Gasteiger charge is 2.40. The number of benzene rings is 1. The van der Waals surface area contributed by atoms with E-state index in [2.05, 4.69) is 20.8 Å². The molecule has 1 amide bonds. The summed E-state index contributed by atoms with van der Waals surface area (Å²) >= 11 is 1.79. The quantitative estimate of drug-likeness (QED) is 0.866. The molecule has 1 aliphatic heterocycles. The fourth-order valence-electron chi connectivity index (χ4n) is 2.60. The standard InChI is InChI=1S/C16H24N2OS/c1-12(2)18(11-13-7-4-5-8-14(13)17)15(19)16(3)9-6-10-20-16/h4-5,7-8,12H,6,9-11,17H2,1-3H3. The molecule has 0 radical (unpaired) electrons. The topological polar surface area (TPSA) is 46.3 Å². The normalized spacial score (nSPS) is 22.2. The van der Waals surface area contributed by atoms with Crippen LogP contribution in [0.25, 0.3) is 0 Å². The lowest BCUT2D eigenvalue weighted by Gasteiger charge is -2.34. The molecule has 1 fully saturated rings. The zero-order valence-electron chi connectivity index (χ0n) is 12.6. The lowest BCUT2D eigenvalue weighted by Crippen LogP contribution is -2.46. The molecule has 1 aromatic carbocycles. The molecule has 0 aromatic heterocycles. The molecule has 1 aliphatic rings. The van der Waals surface area contributed by atoms with Crippen LogP contribution in [0.2, 0.25) is 0 Å². The van der Waals surface area contributed by atoms with Crippen LogP contribution in [0.3, 0.4) is 0 Å². The minimum absolute atomic E-state index is 0.181. The number of hydrogen-bond donors (Lipinski definition) is 1. The van der Waals surface area contributed by atoms with Crippen molar-refractivity contribution in [1.82, 2.24) is 4.90 Å². The summed E-state index contributed by atoms with van der Waals surface area (Å²) in [7, 11) is 0. The Morgan fingerprint density at radius 2 is 2.15 bits per heavy atom. The number of nitrogens with two attached hydrogens (primary N) is 1. The first-order chi connectivity index (χ1) is 9.44. The molecule has 1 atom stereocenters. The van der Waals surface area contributed by atoms with Gasteiger partial charge in [-0.3, -0.25) is 4.79 Å². The molecular weight excluding hydrogens is 268 g/mol. The molecule has 1 saturated heterocycles. The van der Waals surface area contributed by atoms with Crippen LogP contribution in [-0.4, -0.2) is 27.3 Å². The highest BCUT2D eigenvalue weighted by molar-refractivity contribution is 8.01. The van der Waals surface area contributed by atoms with Crippen molar-refractivity contribution in [2.24, 2.45) is 0 Å². The fourth-order valence-corrected chi connectivity index (χ4v) is 3.87. The minimum atomic E-state index is -0.256. The van der Waals surface area contributed by atoms with Gasteiger partial charge in [-0.2, -0.15) is 0 Å². The largest absolute Gasteiger partial charge is 0.398 e.